The third kappa shape index (κ3) is 4.53. The summed E-state index contributed by atoms with van der Waals surface area (Å²) in [5.74, 6) is 1.72. The minimum absolute atomic E-state index is 0.0944. The number of hydrogen-bond donors (Lipinski definition) is 2. The highest BCUT2D eigenvalue weighted by molar-refractivity contribution is 6.26. The Labute approximate surface area is 234 Å². The molecular weight excluding hydrogens is 496 g/mol. The highest BCUT2D eigenvalue weighted by Gasteiger charge is 2.22. The van der Waals surface area contributed by atoms with Gasteiger partial charge in [0.2, 0.25) is 0 Å². The Kier molecular flexibility index (Phi) is 7.29. The summed E-state index contributed by atoms with van der Waals surface area (Å²) in [5.41, 5.74) is 4.72. The summed E-state index contributed by atoms with van der Waals surface area (Å²) in [5, 5.41) is 27.6. The molecule has 0 aliphatic heterocycles. The SMILES string of the molecule is Cc1ccc2c(OCCCO)c3ccccc3c(-c3c4ccccc4c(OCCCO)c4ccc(C)cc34)c2c1. The topological polar surface area (TPSA) is 58.9 Å². The molecule has 6 rings (SSSR count). The Hall–Kier alpha value is -4.12. The summed E-state index contributed by atoms with van der Waals surface area (Å²) in [7, 11) is 0. The molecule has 0 saturated carbocycles. The third-order valence-corrected chi connectivity index (χ3v) is 7.61. The summed E-state index contributed by atoms with van der Waals surface area (Å²) in [6, 6.07) is 30.1. The standard InChI is InChI=1S/C36H34O4/c1-23-13-15-29-31(21-23)33(25-9-3-5-11-27(25)35(29)39-19-7-17-37)34-26-10-4-6-12-28(26)36(40-20-8-18-38)30-16-14-24(2)22-32(30)34/h3-6,9-16,21-22,37-38H,7-8,17-20H2,1-2H3. The van der Waals surface area contributed by atoms with E-state index in [-0.39, 0.29) is 13.2 Å². The Bertz CT molecular complexity index is 1720. The van der Waals surface area contributed by atoms with Crippen molar-refractivity contribution < 1.29 is 19.7 Å². The average molecular weight is 531 g/mol. The van der Waals surface area contributed by atoms with Crippen LogP contribution in [0, 0.1) is 13.8 Å². The van der Waals surface area contributed by atoms with Crippen molar-refractivity contribution in [1.29, 1.82) is 0 Å². The highest BCUT2D eigenvalue weighted by atomic mass is 16.5. The van der Waals surface area contributed by atoms with E-state index in [0.717, 1.165) is 54.6 Å². The summed E-state index contributed by atoms with van der Waals surface area (Å²) < 4.78 is 12.7. The molecule has 0 amide bonds. The van der Waals surface area contributed by atoms with Crippen LogP contribution in [0.15, 0.2) is 84.9 Å². The lowest BCUT2D eigenvalue weighted by Gasteiger charge is -2.22. The molecule has 0 heterocycles. The maximum atomic E-state index is 9.41. The van der Waals surface area contributed by atoms with Gasteiger partial charge in [-0.25, -0.2) is 0 Å². The van der Waals surface area contributed by atoms with Crippen molar-refractivity contribution in [2.45, 2.75) is 26.7 Å². The monoisotopic (exact) mass is 530 g/mol. The predicted molar refractivity (Wildman–Crippen MR) is 166 cm³/mol. The van der Waals surface area contributed by atoms with E-state index in [4.69, 9.17) is 9.47 Å². The average Bonchev–Trinajstić information content (AvgIpc) is 2.97. The molecule has 0 aliphatic rings. The summed E-state index contributed by atoms with van der Waals surface area (Å²) in [6.45, 7) is 5.35. The summed E-state index contributed by atoms with van der Waals surface area (Å²) in [4.78, 5) is 0. The Morgan fingerprint density at radius 2 is 0.850 bits per heavy atom. The van der Waals surface area contributed by atoms with Gasteiger partial charge in [-0.1, -0.05) is 96.1 Å². The second kappa shape index (κ2) is 11.2. The number of ether oxygens (including phenoxy) is 2. The van der Waals surface area contributed by atoms with Crippen molar-refractivity contribution in [2.24, 2.45) is 0 Å². The lowest BCUT2D eigenvalue weighted by molar-refractivity contribution is 0.235. The van der Waals surface area contributed by atoms with E-state index in [1.165, 1.54) is 22.3 Å². The quantitative estimate of drug-likeness (QED) is 0.146. The van der Waals surface area contributed by atoms with E-state index in [1.807, 2.05) is 0 Å². The first kappa shape index (κ1) is 26.1. The van der Waals surface area contributed by atoms with Gasteiger partial charge in [0.05, 0.1) is 13.2 Å². The van der Waals surface area contributed by atoms with Crippen LogP contribution in [0.1, 0.15) is 24.0 Å². The van der Waals surface area contributed by atoms with E-state index < -0.39 is 0 Å². The van der Waals surface area contributed by atoms with Crippen molar-refractivity contribution in [2.75, 3.05) is 26.4 Å². The molecule has 0 bridgehead atoms. The normalized spacial score (nSPS) is 11.6. The number of rotatable bonds is 9. The Balaban J connectivity index is 1.79. The van der Waals surface area contributed by atoms with E-state index in [0.29, 0.717) is 26.1 Å². The number of aliphatic hydroxyl groups is 2. The summed E-state index contributed by atoms with van der Waals surface area (Å²) in [6.07, 6.45) is 1.16. The van der Waals surface area contributed by atoms with E-state index in [1.54, 1.807) is 0 Å². The third-order valence-electron chi connectivity index (χ3n) is 7.61. The largest absolute Gasteiger partial charge is 0.492 e. The van der Waals surface area contributed by atoms with E-state index >= 15 is 0 Å². The van der Waals surface area contributed by atoms with Gasteiger partial charge in [0.1, 0.15) is 11.5 Å². The number of hydrogen-bond acceptors (Lipinski definition) is 4. The molecule has 0 atom stereocenters. The fraction of sp³-hybridized carbons (Fsp3) is 0.222. The van der Waals surface area contributed by atoms with Crippen molar-refractivity contribution in [1.82, 2.24) is 0 Å². The van der Waals surface area contributed by atoms with Crippen LogP contribution >= 0.6 is 0 Å². The molecule has 4 heteroatoms. The van der Waals surface area contributed by atoms with Gasteiger partial charge in [0.15, 0.2) is 0 Å². The molecule has 0 fully saturated rings. The van der Waals surface area contributed by atoms with Gasteiger partial charge in [0.25, 0.3) is 0 Å². The first-order valence-electron chi connectivity index (χ1n) is 14.0. The number of aryl methyl sites for hydroxylation is 2. The van der Waals surface area contributed by atoms with Gasteiger partial charge in [-0.15, -0.1) is 0 Å². The van der Waals surface area contributed by atoms with Gasteiger partial charge in [0, 0.05) is 47.6 Å². The Morgan fingerprint density at radius 3 is 1.25 bits per heavy atom. The lowest BCUT2D eigenvalue weighted by atomic mass is 9.84. The van der Waals surface area contributed by atoms with Gasteiger partial charge in [-0.2, -0.15) is 0 Å². The molecule has 2 N–H and O–H groups in total. The molecule has 4 nitrogen and oxygen atoms in total. The molecular formula is C36H34O4. The van der Waals surface area contributed by atoms with Crippen LogP contribution in [0.5, 0.6) is 11.5 Å². The van der Waals surface area contributed by atoms with Gasteiger partial charge >= 0.3 is 0 Å². The molecule has 6 aromatic carbocycles. The molecule has 202 valence electrons. The van der Waals surface area contributed by atoms with Crippen molar-refractivity contribution >= 4 is 43.1 Å². The smallest absolute Gasteiger partial charge is 0.134 e. The summed E-state index contributed by atoms with van der Waals surface area (Å²) >= 11 is 0. The van der Waals surface area contributed by atoms with Crippen LogP contribution in [0.3, 0.4) is 0 Å². The first-order valence-corrected chi connectivity index (χ1v) is 14.0. The van der Waals surface area contributed by atoms with Crippen LogP contribution in [0.2, 0.25) is 0 Å². The van der Waals surface area contributed by atoms with Crippen LogP contribution in [0.4, 0.5) is 0 Å². The zero-order valence-electron chi connectivity index (χ0n) is 23.0. The molecule has 0 unspecified atom stereocenters. The van der Waals surface area contributed by atoms with Crippen LogP contribution in [0.25, 0.3) is 54.2 Å². The van der Waals surface area contributed by atoms with Crippen molar-refractivity contribution in [3.8, 4) is 22.6 Å². The second-order valence-corrected chi connectivity index (χ2v) is 10.4. The lowest BCUT2D eigenvalue weighted by Crippen LogP contribution is -2.03. The maximum absolute atomic E-state index is 9.41. The fourth-order valence-corrected chi connectivity index (χ4v) is 5.83. The predicted octanol–water partition coefficient (Wildman–Crippen LogP) is 8.11. The molecule has 0 saturated heterocycles. The zero-order chi connectivity index (χ0) is 27.6. The molecule has 0 aromatic heterocycles. The second-order valence-electron chi connectivity index (χ2n) is 10.4. The number of benzene rings is 6. The van der Waals surface area contributed by atoms with E-state index in [2.05, 4.69) is 98.8 Å². The van der Waals surface area contributed by atoms with E-state index in [9.17, 15) is 10.2 Å². The van der Waals surface area contributed by atoms with Crippen LogP contribution < -0.4 is 9.47 Å². The van der Waals surface area contributed by atoms with Crippen molar-refractivity contribution in [3.63, 3.8) is 0 Å². The molecule has 6 aromatic rings. The fourth-order valence-electron chi connectivity index (χ4n) is 5.83. The molecule has 0 radical (unpaired) electrons. The molecule has 40 heavy (non-hydrogen) atoms. The van der Waals surface area contributed by atoms with Gasteiger partial charge < -0.3 is 19.7 Å². The number of aliphatic hydroxyl groups excluding tert-OH is 2. The zero-order valence-corrected chi connectivity index (χ0v) is 23.0. The Morgan fingerprint density at radius 1 is 0.475 bits per heavy atom. The first-order chi connectivity index (χ1) is 19.6. The maximum Gasteiger partial charge on any atom is 0.134 e. The minimum atomic E-state index is 0.0944. The van der Waals surface area contributed by atoms with Gasteiger partial charge in [-0.3, -0.25) is 0 Å². The number of fused-ring (bicyclic) bond motifs is 4. The van der Waals surface area contributed by atoms with Gasteiger partial charge in [-0.05, 0) is 46.5 Å². The van der Waals surface area contributed by atoms with Crippen LogP contribution in [-0.4, -0.2) is 36.6 Å². The molecule has 0 aliphatic carbocycles. The minimum Gasteiger partial charge on any atom is -0.492 e. The molecule has 0 spiro atoms. The highest BCUT2D eigenvalue weighted by Crippen LogP contribution is 2.50. The van der Waals surface area contributed by atoms with Crippen molar-refractivity contribution in [3.05, 3.63) is 96.1 Å². The van der Waals surface area contributed by atoms with Crippen LogP contribution in [-0.2, 0) is 0 Å².